The van der Waals surface area contributed by atoms with Gasteiger partial charge in [0.25, 0.3) is 0 Å². The van der Waals surface area contributed by atoms with Gasteiger partial charge in [0, 0.05) is 26.2 Å². The third kappa shape index (κ3) is 7.69. The zero-order valence-corrected chi connectivity index (χ0v) is 19.8. The average molecular weight is 501 g/mol. The third-order valence-corrected chi connectivity index (χ3v) is 5.36. The van der Waals surface area contributed by atoms with Crippen molar-refractivity contribution in [3.05, 3.63) is 96.6 Å². The summed E-state index contributed by atoms with van der Waals surface area (Å²) in [5.74, 6) is 2.43. The van der Waals surface area contributed by atoms with Gasteiger partial charge in [-0.25, -0.2) is 0 Å². The van der Waals surface area contributed by atoms with Gasteiger partial charge in [0.05, 0.1) is 50.5 Å². The van der Waals surface area contributed by atoms with Crippen LogP contribution in [-0.4, -0.2) is 61.8 Å². The second-order valence-electron chi connectivity index (χ2n) is 8.20. The zero-order valence-electron chi connectivity index (χ0n) is 19.8. The summed E-state index contributed by atoms with van der Waals surface area (Å²) >= 11 is 0. The fraction of sp³-hybridized carbons (Fsp3) is 0.385. The van der Waals surface area contributed by atoms with E-state index in [1.807, 2.05) is 0 Å². The molecule has 0 aliphatic heterocycles. The summed E-state index contributed by atoms with van der Waals surface area (Å²) < 4.78 is 33.4. The first-order valence-electron chi connectivity index (χ1n) is 11.8. The van der Waals surface area contributed by atoms with Crippen LogP contribution in [0, 0.1) is 0 Å². The van der Waals surface area contributed by atoms with Crippen LogP contribution in [0.15, 0.2) is 91.3 Å². The maximum Gasteiger partial charge on any atom is 0.172 e. The van der Waals surface area contributed by atoms with Crippen LogP contribution in [0.25, 0.3) is 0 Å². The van der Waals surface area contributed by atoms with Crippen LogP contribution >= 0.6 is 0 Å². The Balaban J connectivity index is 1.08. The average Bonchev–Trinajstić information content (AvgIpc) is 3.71. The summed E-state index contributed by atoms with van der Waals surface area (Å²) in [5, 5.41) is 26.9. The molecule has 0 unspecified atom stereocenters. The molecule has 4 N–H and O–H groups in total. The van der Waals surface area contributed by atoms with Crippen LogP contribution in [0.2, 0.25) is 0 Å². The number of rotatable bonds is 17. The molecule has 0 fully saturated rings. The molecule has 4 aromatic rings. The molecule has 2 atom stereocenters. The highest BCUT2D eigenvalue weighted by atomic mass is 16.5. The molecule has 0 aliphatic carbocycles. The quantitative estimate of drug-likeness (QED) is 0.160. The number of hydrogen-bond acceptors (Lipinski definition) is 10. The lowest BCUT2D eigenvalue weighted by Crippen LogP contribution is -2.38. The standard InChI is InChI=1S/C26H32N2O8/c29-19(17-35-25(21-5-1-11-31-21)22-6-2-12-32-22)15-27-9-10-28-16-20(30)18-36-26(23-7-3-13-33-23)24-8-4-14-34-24/h1-8,11-14,19-20,25-30H,9-10,15-18H2/t19-,20-/m1/s1. The Kier molecular flexibility index (Phi) is 9.97. The lowest BCUT2D eigenvalue weighted by molar-refractivity contribution is -0.00988. The summed E-state index contributed by atoms with van der Waals surface area (Å²) in [4.78, 5) is 0. The monoisotopic (exact) mass is 500 g/mol. The van der Waals surface area contributed by atoms with Gasteiger partial charge in [-0.1, -0.05) is 0 Å². The molecular weight excluding hydrogens is 468 g/mol. The summed E-state index contributed by atoms with van der Waals surface area (Å²) in [6, 6.07) is 14.3. The molecule has 10 heteroatoms. The summed E-state index contributed by atoms with van der Waals surface area (Å²) in [7, 11) is 0. The SMILES string of the molecule is O[C@H](CNCCNC[C@@H](O)COC(c1ccco1)c1ccco1)COC(c1ccco1)c1ccco1. The fourth-order valence-corrected chi connectivity index (χ4v) is 3.62. The van der Waals surface area contributed by atoms with Crippen molar-refractivity contribution in [3.8, 4) is 0 Å². The van der Waals surface area contributed by atoms with Gasteiger partial charge in [-0.15, -0.1) is 0 Å². The number of hydrogen-bond donors (Lipinski definition) is 4. The minimum atomic E-state index is -0.712. The number of aliphatic hydroxyl groups excluding tert-OH is 2. The Morgan fingerprint density at radius 1 is 0.583 bits per heavy atom. The van der Waals surface area contributed by atoms with Crippen molar-refractivity contribution < 1.29 is 37.4 Å². The number of nitrogens with one attached hydrogen (secondary N) is 2. The van der Waals surface area contributed by atoms with Crippen molar-refractivity contribution in [2.24, 2.45) is 0 Å². The van der Waals surface area contributed by atoms with Gasteiger partial charge in [0.2, 0.25) is 0 Å². The van der Waals surface area contributed by atoms with Crippen LogP contribution in [-0.2, 0) is 9.47 Å². The molecule has 0 radical (unpaired) electrons. The van der Waals surface area contributed by atoms with Gasteiger partial charge in [-0.3, -0.25) is 0 Å². The normalized spacial score (nSPS) is 13.6. The maximum absolute atomic E-state index is 10.3. The molecule has 0 bridgehead atoms. The topological polar surface area (TPSA) is 136 Å². The molecule has 36 heavy (non-hydrogen) atoms. The van der Waals surface area contributed by atoms with Crippen molar-refractivity contribution in [2.45, 2.75) is 24.4 Å². The maximum atomic E-state index is 10.3. The molecule has 0 saturated heterocycles. The predicted octanol–water partition coefficient (Wildman–Crippen LogP) is 2.87. The molecule has 0 aliphatic rings. The van der Waals surface area contributed by atoms with Gasteiger partial charge in [0.15, 0.2) is 12.2 Å². The highest BCUT2D eigenvalue weighted by Crippen LogP contribution is 2.28. The molecule has 0 spiro atoms. The fourth-order valence-electron chi connectivity index (χ4n) is 3.62. The highest BCUT2D eigenvalue weighted by molar-refractivity contribution is 5.16. The first kappa shape index (κ1) is 26.0. The Hall–Kier alpha value is -3.12. The van der Waals surface area contributed by atoms with E-state index in [0.29, 0.717) is 49.2 Å². The lowest BCUT2D eigenvalue weighted by atomic mass is 10.2. The van der Waals surface area contributed by atoms with Gasteiger partial charge >= 0.3 is 0 Å². The van der Waals surface area contributed by atoms with E-state index < -0.39 is 24.4 Å². The van der Waals surface area contributed by atoms with E-state index in [0.717, 1.165) is 0 Å². The lowest BCUT2D eigenvalue weighted by Gasteiger charge is -2.18. The molecule has 4 aromatic heterocycles. The number of furan rings is 4. The minimum absolute atomic E-state index is 0.106. The molecule has 194 valence electrons. The number of ether oxygens (including phenoxy) is 2. The zero-order chi connectivity index (χ0) is 25.0. The third-order valence-electron chi connectivity index (χ3n) is 5.36. The van der Waals surface area contributed by atoms with E-state index in [9.17, 15) is 10.2 Å². The Bertz CT molecular complexity index is 893. The minimum Gasteiger partial charge on any atom is -0.466 e. The smallest absolute Gasteiger partial charge is 0.172 e. The van der Waals surface area contributed by atoms with Crippen LogP contribution in [0.4, 0.5) is 0 Å². The molecule has 0 saturated carbocycles. The Morgan fingerprint density at radius 3 is 1.19 bits per heavy atom. The van der Waals surface area contributed by atoms with Crippen LogP contribution in [0.3, 0.4) is 0 Å². The first-order chi connectivity index (χ1) is 17.7. The summed E-state index contributed by atoms with van der Waals surface area (Å²) in [5.41, 5.74) is 0. The molecule has 10 nitrogen and oxygen atoms in total. The Labute approximate surface area is 208 Å². The van der Waals surface area contributed by atoms with Crippen LogP contribution < -0.4 is 10.6 Å². The van der Waals surface area contributed by atoms with E-state index in [2.05, 4.69) is 10.6 Å². The largest absolute Gasteiger partial charge is 0.466 e. The molecule has 4 rings (SSSR count). The van der Waals surface area contributed by atoms with Gasteiger partial charge in [-0.2, -0.15) is 0 Å². The summed E-state index contributed by atoms with van der Waals surface area (Å²) in [6.45, 7) is 2.12. The van der Waals surface area contributed by atoms with E-state index in [1.54, 1.807) is 73.6 Å². The summed E-state index contributed by atoms with van der Waals surface area (Å²) in [6.07, 6.45) is 3.81. The van der Waals surface area contributed by atoms with Gasteiger partial charge < -0.3 is 48.0 Å². The van der Waals surface area contributed by atoms with Crippen molar-refractivity contribution in [2.75, 3.05) is 39.4 Å². The van der Waals surface area contributed by atoms with Crippen molar-refractivity contribution in [3.63, 3.8) is 0 Å². The predicted molar refractivity (Wildman–Crippen MR) is 128 cm³/mol. The number of aliphatic hydroxyl groups is 2. The molecule has 0 aromatic carbocycles. The van der Waals surface area contributed by atoms with Crippen molar-refractivity contribution in [1.29, 1.82) is 0 Å². The van der Waals surface area contributed by atoms with Gasteiger partial charge in [0.1, 0.15) is 23.0 Å². The van der Waals surface area contributed by atoms with Gasteiger partial charge in [-0.05, 0) is 48.5 Å². The van der Waals surface area contributed by atoms with Crippen molar-refractivity contribution in [1.82, 2.24) is 10.6 Å². The molecular formula is C26H32N2O8. The highest BCUT2D eigenvalue weighted by Gasteiger charge is 2.23. The van der Waals surface area contributed by atoms with Crippen LogP contribution in [0.1, 0.15) is 35.2 Å². The van der Waals surface area contributed by atoms with E-state index in [-0.39, 0.29) is 13.2 Å². The van der Waals surface area contributed by atoms with E-state index in [4.69, 9.17) is 27.1 Å². The molecule has 4 heterocycles. The van der Waals surface area contributed by atoms with E-state index >= 15 is 0 Å². The Morgan fingerprint density at radius 2 is 0.917 bits per heavy atom. The second-order valence-corrected chi connectivity index (χ2v) is 8.20. The first-order valence-corrected chi connectivity index (χ1v) is 11.8. The van der Waals surface area contributed by atoms with E-state index in [1.165, 1.54) is 0 Å². The van der Waals surface area contributed by atoms with Crippen molar-refractivity contribution >= 4 is 0 Å². The second kappa shape index (κ2) is 13.8. The van der Waals surface area contributed by atoms with Crippen LogP contribution in [0.5, 0.6) is 0 Å². The molecule has 0 amide bonds.